The maximum atomic E-state index is 10.4. The lowest BCUT2D eigenvalue weighted by atomic mass is 10.7. The van der Waals surface area contributed by atoms with Gasteiger partial charge in [0.2, 0.25) is 0 Å². The smallest absolute Gasteiger partial charge is 0.274 e. The van der Waals surface area contributed by atoms with Gasteiger partial charge in [-0.2, -0.15) is 0 Å². The van der Waals surface area contributed by atoms with Gasteiger partial charge in [-0.25, -0.2) is 4.98 Å². The molecule has 0 N–H and O–H groups in total. The summed E-state index contributed by atoms with van der Waals surface area (Å²) < 4.78 is 0. The largest absolute Gasteiger partial charge is 0.344 e. The molecule has 0 atom stereocenters. The van der Waals surface area contributed by atoms with Gasteiger partial charge in [0.05, 0.1) is 4.92 Å². The summed E-state index contributed by atoms with van der Waals surface area (Å²) in [7, 11) is 0. The van der Waals surface area contributed by atoms with Gasteiger partial charge in [0.25, 0.3) is 0 Å². The van der Waals surface area contributed by atoms with Crippen LogP contribution in [0.25, 0.3) is 0 Å². The van der Waals surface area contributed by atoms with Gasteiger partial charge < -0.3 is 0 Å². The first-order valence-corrected chi connectivity index (χ1v) is 5.35. The highest BCUT2D eigenvalue weighted by molar-refractivity contribution is 8.15. The topological polar surface area (TPSA) is 68.4 Å². The average molecular weight is 215 g/mol. The van der Waals surface area contributed by atoms with Crippen LogP contribution in [0.3, 0.4) is 0 Å². The van der Waals surface area contributed by atoms with Crippen LogP contribution >= 0.6 is 23.1 Å². The predicted molar refractivity (Wildman–Crippen MR) is 52.6 cm³/mol. The number of hydrogen-bond acceptors (Lipinski definition) is 6. The molecule has 1 aromatic heterocycles. The van der Waals surface area contributed by atoms with Gasteiger partial charge in [-0.1, -0.05) is 0 Å². The predicted octanol–water partition coefficient (Wildman–Crippen LogP) is 1.54. The summed E-state index contributed by atoms with van der Waals surface area (Å²) in [5.41, 5.74) is 0. The molecule has 0 aliphatic carbocycles. The van der Waals surface area contributed by atoms with Crippen molar-refractivity contribution >= 4 is 33.1 Å². The molecular weight excluding hydrogens is 210 g/mol. The van der Waals surface area contributed by atoms with E-state index < -0.39 is 4.92 Å². The summed E-state index contributed by atoms with van der Waals surface area (Å²) in [6.45, 7) is 0.785. The third-order valence-corrected chi connectivity index (χ3v) is 3.51. The lowest BCUT2D eigenvalue weighted by Crippen LogP contribution is -1.88. The molecule has 1 aliphatic rings. The van der Waals surface area contributed by atoms with Crippen LogP contribution < -0.4 is 0 Å². The number of nitrogens with zero attached hydrogens (tertiary/aromatic N) is 3. The van der Waals surface area contributed by atoms with E-state index in [9.17, 15) is 10.1 Å². The van der Waals surface area contributed by atoms with E-state index in [1.54, 1.807) is 11.8 Å². The first kappa shape index (κ1) is 8.64. The maximum Gasteiger partial charge on any atom is 0.344 e. The standard InChI is InChI=1S/C6H5N3O2S2/c10-9(11)4-3-8-6(13-4)5-7-1-2-12-5/h3H,1-2H2. The van der Waals surface area contributed by atoms with Crippen LogP contribution in [0.2, 0.25) is 0 Å². The second-order valence-corrected chi connectivity index (χ2v) is 4.39. The zero-order valence-electron chi connectivity index (χ0n) is 6.47. The first-order valence-electron chi connectivity index (χ1n) is 3.55. The molecule has 1 aliphatic heterocycles. The Labute approximate surface area is 82.1 Å². The van der Waals surface area contributed by atoms with Gasteiger partial charge in [0, 0.05) is 12.3 Å². The molecule has 0 spiro atoms. The van der Waals surface area contributed by atoms with E-state index in [1.165, 1.54) is 6.20 Å². The number of rotatable bonds is 2. The molecule has 0 amide bonds. The SMILES string of the molecule is O=[N+]([O-])c1cnc(C2=NCCS2)s1. The molecule has 2 rings (SSSR count). The molecule has 0 saturated carbocycles. The van der Waals surface area contributed by atoms with Gasteiger partial charge in [-0.15, -0.1) is 11.8 Å². The fraction of sp³-hybridized carbons (Fsp3) is 0.333. The summed E-state index contributed by atoms with van der Waals surface area (Å²) in [4.78, 5) is 18.1. The third-order valence-electron chi connectivity index (χ3n) is 1.44. The van der Waals surface area contributed by atoms with E-state index >= 15 is 0 Å². The van der Waals surface area contributed by atoms with Crippen molar-refractivity contribution in [2.75, 3.05) is 12.3 Å². The van der Waals surface area contributed by atoms with Crippen molar-refractivity contribution in [1.29, 1.82) is 0 Å². The Balaban J connectivity index is 2.27. The lowest BCUT2D eigenvalue weighted by molar-refractivity contribution is -0.380. The average Bonchev–Trinajstić information content (AvgIpc) is 2.75. The van der Waals surface area contributed by atoms with E-state index in [4.69, 9.17) is 0 Å². The molecule has 0 unspecified atom stereocenters. The van der Waals surface area contributed by atoms with Crippen LogP contribution in [0, 0.1) is 10.1 Å². The van der Waals surface area contributed by atoms with Gasteiger partial charge in [-0.05, 0) is 11.3 Å². The third kappa shape index (κ3) is 1.70. The zero-order valence-corrected chi connectivity index (χ0v) is 8.10. The van der Waals surface area contributed by atoms with Crippen LogP contribution in [-0.2, 0) is 0 Å². The Bertz CT molecular complexity index is 374. The molecule has 13 heavy (non-hydrogen) atoms. The van der Waals surface area contributed by atoms with Crippen LogP contribution in [0.4, 0.5) is 5.00 Å². The Hall–Kier alpha value is -0.950. The molecular formula is C6H5N3O2S2. The summed E-state index contributed by atoms with van der Waals surface area (Å²) in [5, 5.41) is 11.9. The molecule has 1 aromatic rings. The minimum Gasteiger partial charge on any atom is -0.274 e. The number of aromatic nitrogens is 1. The summed E-state index contributed by atoms with van der Waals surface area (Å²) in [5.74, 6) is 0.947. The van der Waals surface area contributed by atoms with Gasteiger partial charge in [0.1, 0.15) is 11.2 Å². The molecule has 0 aromatic carbocycles. The van der Waals surface area contributed by atoms with Crippen molar-refractivity contribution in [1.82, 2.24) is 4.98 Å². The van der Waals surface area contributed by atoms with Crippen LogP contribution in [0.1, 0.15) is 5.01 Å². The lowest BCUT2D eigenvalue weighted by Gasteiger charge is -1.88. The number of thiazole rings is 1. The highest BCUT2D eigenvalue weighted by Crippen LogP contribution is 2.26. The number of hydrogen-bond donors (Lipinski definition) is 0. The molecule has 68 valence electrons. The molecule has 0 bridgehead atoms. The van der Waals surface area contributed by atoms with Crippen LogP contribution in [0.5, 0.6) is 0 Å². The summed E-state index contributed by atoms with van der Waals surface area (Å²) >= 11 is 2.67. The van der Waals surface area contributed by atoms with E-state index in [0.29, 0.717) is 5.01 Å². The number of thioether (sulfide) groups is 1. The Morgan fingerprint density at radius 1 is 1.62 bits per heavy atom. The zero-order chi connectivity index (χ0) is 9.26. The molecule has 5 nitrogen and oxygen atoms in total. The second kappa shape index (κ2) is 3.43. The van der Waals surface area contributed by atoms with Crippen molar-refractivity contribution in [2.45, 2.75) is 0 Å². The van der Waals surface area contributed by atoms with Gasteiger partial charge in [0.15, 0.2) is 5.01 Å². The van der Waals surface area contributed by atoms with Crippen molar-refractivity contribution < 1.29 is 4.92 Å². The van der Waals surface area contributed by atoms with E-state index in [0.717, 1.165) is 28.7 Å². The summed E-state index contributed by atoms with van der Waals surface area (Å²) in [6, 6.07) is 0. The first-order chi connectivity index (χ1) is 6.27. The maximum absolute atomic E-state index is 10.4. The highest BCUT2D eigenvalue weighted by atomic mass is 32.2. The molecule has 0 radical (unpaired) electrons. The van der Waals surface area contributed by atoms with Crippen LogP contribution in [-0.4, -0.2) is 27.2 Å². The minimum atomic E-state index is -0.429. The van der Waals surface area contributed by atoms with E-state index in [1.807, 2.05) is 0 Å². The summed E-state index contributed by atoms with van der Waals surface area (Å²) in [6.07, 6.45) is 1.28. The second-order valence-electron chi connectivity index (χ2n) is 2.30. The Morgan fingerprint density at radius 3 is 3.00 bits per heavy atom. The molecule has 0 fully saturated rings. The fourth-order valence-corrected chi connectivity index (χ4v) is 2.59. The Kier molecular flexibility index (Phi) is 2.28. The van der Waals surface area contributed by atoms with Crippen molar-refractivity contribution in [2.24, 2.45) is 4.99 Å². The molecule has 0 saturated heterocycles. The van der Waals surface area contributed by atoms with Gasteiger partial charge in [-0.3, -0.25) is 15.1 Å². The fourth-order valence-electron chi connectivity index (χ4n) is 0.913. The van der Waals surface area contributed by atoms with Gasteiger partial charge >= 0.3 is 5.00 Å². The van der Waals surface area contributed by atoms with Crippen molar-refractivity contribution in [3.63, 3.8) is 0 Å². The normalized spacial score (nSPS) is 15.8. The molecule has 2 heterocycles. The van der Waals surface area contributed by atoms with E-state index in [2.05, 4.69) is 9.98 Å². The van der Waals surface area contributed by atoms with E-state index in [-0.39, 0.29) is 5.00 Å². The molecule has 7 heteroatoms. The van der Waals surface area contributed by atoms with Crippen molar-refractivity contribution in [3.8, 4) is 0 Å². The number of nitro groups is 1. The monoisotopic (exact) mass is 215 g/mol. The quantitative estimate of drug-likeness (QED) is 0.554. The highest BCUT2D eigenvalue weighted by Gasteiger charge is 2.17. The Morgan fingerprint density at radius 2 is 2.46 bits per heavy atom. The number of aliphatic imine (C=N–C) groups is 1. The minimum absolute atomic E-state index is 0.0743. The van der Waals surface area contributed by atoms with Crippen LogP contribution in [0.15, 0.2) is 11.2 Å². The van der Waals surface area contributed by atoms with Crippen molar-refractivity contribution in [3.05, 3.63) is 21.3 Å².